The van der Waals surface area contributed by atoms with Crippen molar-refractivity contribution in [3.05, 3.63) is 35.7 Å². The number of hydrogen-bond acceptors (Lipinski definition) is 5. The summed E-state index contributed by atoms with van der Waals surface area (Å²) in [6, 6.07) is 4.60. The maximum atomic E-state index is 12.8. The molecule has 0 aliphatic heterocycles. The molecule has 2 rings (SSSR count). The molecular formula is C16H20F3N3O2. The fraction of sp³-hybridized carbons (Fsp3) is 0.500. The van der Waals surface area contributed by atoms with Crippen LogP contribution in [-0.2, 0) is 6.18 Å². The Bertz CT molecular complexity index is 671. The molecule has 2 atom stereocenters. The quantitative estimate of drug-likeness (QED) is 0.869. The highest BCUT2D eigenvalue weighted by molar-refractivity contribution is 5.55. The molecule has 24 heavy (non-hydrogen) atoms. The normalized spacial score (nSPS) is 14.8. The Morgan fingerprint density at radius 3 is 2.62 bits per heavy atom. The van der Waals surface area contributed by atoms with Crippen LogP contribution in [0.3, 0.4) is 0 Å². The van der Waals surface area contributed by atoms with Crippen LogP contribution in [0.5, 0.6) is 0 Å². The predicted molar refractivity (Wildman–Crippen MR) is 82.1 cm³/mol. The van der Waals surface area contributed by atoms with Gasteiger partial charge in [0, 0.05) is 12.1 Å². The lowest BCUT2D eigenvalue weighted by Crippen LogP contribution is -2.26. The van der Waals surface area contributed by atoms with Gasteiger partial charge in [0.1, 0.15) is 0 Å². The smallest absolute Gasteiger partial charge is 0.393 e. The zero-order valence-electron chi connectivity index (χ0n) is 13.7. The summed E-state index contributed by atoms with van der Waals surface area (Å²) in [5.74, 6) is 0.433. The van der Waals surface area contributed by atoms with E-state index in [-0.39, 0.29) is 17.4 Å². The number of alkyl halides is 3. The maximum absolute atomic E-state index is 12.8. The van der Waals surface area contributed by atoms with Crippen LogP contribution in [0.1, 0.15) is 37.8 Å². The van der Waals surface area contributed by atoms with Crippen molar-refractivity contribution < 1.29 is 22.8 Å². The molecule has 0 aliphatic rings. The van der Waals surface area contributed by atoms with E-state index in [1.54, 1.807) is 6.92 Å². The fourth-order valence-electron chi connectivity index (χ4n) is 2.13. The summed E-state index contributed by atoms with van der Waals surface area (Å²) < 4.78 is 43.5. The Morgan fingerprint density at radius 1 is 1.29 bits per heavy atom. The van der Waals surface area contributed by atoms with Crippen molar-refractivity contribution in [1.29, 1.82) is 0 Å². The first-order valence-corrected chi connectivity index (χ1v) is 7.58. The van der Waals surface area contributed by atoms with E-state index < -0.39 is 17.8 Å². The van der Waals surface area contributed by atoms with Crippen LogP contribution in [0.25, 0.3) is 11.4 Å². The number of aliphatic hydroxyl groups is 1. The van der Waals surface area contributed by atoms with Gasteiger partial charge in [0.25, 0.3) is 0 Å². The van der Waals surface area contributed by atoms with Gasteiger partial charge in [-0.1, -0.05) is 17.3 Å². The Morgan fingerprint density at radius 2 is 2.00 bits per heavy atom. The van der Waals surface area contributed by atoms with E-state index in [0.29, 0.717) is 18.9 Å². The average Bonchev–Trinajstić information content (AvgIpc) is 3.01. The van der Waals surface area contributed by atoms with Gasteiger partial charge in [-0.2, -0.15) is 18.2 Å². The number of nitrogens with zero attached hydrogens (tertiary/aromatic N) is 3. The largest absolute Gasteiger partial charge is 0.416 e. The molecule has 8 heteroatoms. The highest BCUT2D eigenvalue weighted by Crippen LogP contribution is 2.31. The molecule has 0 spiro atoms. The molecule has 0 saturated heterocycles. The third-order valence-corrected chi connectivity index (χ3v) is 3.81. The second kappa shape index (κ2) is 7.31. The molecule has 2 unspecified atom stereocenters. The minimum Gasteiger partial charge on any atom is -0.393 e. The van der Waals surface area contributed by atoms with Crippen molar-refractivity contribution in [2.45, 2.75) is 38.6 Å². The summed E-state index contributed by atoms with van der Waals surface area (Å²) in [6.45, 7) is 4.18. The van der Waals surface area contributed by atoms with Gasteiger partial charge in [0.15, 0.2) is 0 Å². The summed E-state index contributed by atoms with van der Waals surface area (Å²) in [6.07, 6.45) is -4.24. The molecule has 0 aliphatic carbocycles. The first kappa shape index (κ1) is 18.4. The van der Waals surface area contributed by atoms with Crippen LogP contribution in [0.15, 0.2) is 28.8 Å². The minimum absolute atomic E-state index is 0.117. The summed E-state index contributed by atoms with van der Waals surface area (Å²) in [5.41, 5.74) is -0.507. The van der Waals surface area contributed by atoms with Gasteiger partial charge in [-0.3, -0.25) is 4.90 Å². The molecule has 1 heterocycles. The van der Waals surface area contributed by atoms with Crippen molar-refractivity contribution >= 4 is 0 Å². The van der Waals surface area contributed by atoms with Crippen LogP contribution in [0.2, 0.25) is 0 Å². The van der Waals surface area contributed by atoms with Crippen molar-refractivity contribution in [2.75, 3.05) is 13.6 Å². The Kier molecular flexibility index (Phi) is 5.61. The molecule has 0 bridgehead atoms. The van der Waals surface area contributed by atoms with E-state index in [1.807, 2.05) is 18.9 Å². The number of benzene rings is 1. The summed E-state index contributed by atoms with van der Waals surface area (Å²) in [5, 5.41) is 13.1. The van der Waals surface area contributed by atoms with E-state index in [2.05, 4.69) is 10.1 Å². The van der Waals surface area contributed by atoms with Gasteiger partial charge >= 0.3 is 6.18 Å². The lowest BCUT2D eigenvalue weighted by molar-refractivity contribution is -0.137. The number of aliphatic hydroxyl groups excluding tert-OH is 1. The molecule has 0 fully saturated rings. The molecule has 5 nitrogen and oxygen atoms in total. The number of aromatic nitrogens is 2. The Hall–Kier alpha value is -1.93. The molecule has 1 aromatic heterocycles. The van der Waals surface area contributed by atoms with Gasteiger partial charge in [-0.05, 0) is 39.4 Å². The molecule has 0 saturated carbocycles. The highest BCUT2D eigenvalue weighted by Gasteiger charge is 2.31. The Labute approximate surface area is 138 Å². The molecule has 132 valence electrons. The average molecular weight is 343 g/mol. The first-order chi connectivity index (χ1) is 11.2. The lowest BCUT2D eigenvalue weighted by Gasteiger charge is -2.21. The van der Waals surface area contributed by atoms with E-state index in [1.165, 1.54) is 12.1 Å². The van der Waals surface area contributed by atoms with E-state index in [0.717, 1.165) is 12.1 Å². The molecule has 1 N–H and O–H groups in total. The number of hydrogen-bond donors (Lipinski definition) is 1. The summed E-state index contributed by atoms with van der Waals surface area (Å²) >= 11 is 0. The third kappa shape index (κ3) is 4.55. The molecule has 1 aromatic carbocycles. The van der Waals surface area contributed by atoms with Crippen molar-refractivity contribution in [3.8, 4) is 11.4 Å². The minimum atomic E-state index is -4.42. The van der Waals surface area contributed by atoms with Crippen LogP contribution in [0.4, 0.5) is 13.2 Å². The Balaban J connectivity index is 2.16. The van der Waals surface area contributed by atoms with Crippen LogP contribution in [-0.4, -0.2) is 39.8 Å². The molecule has 0 radical (unpaired) electrons. The van der Waals surface area contributed by atoms with Gasteiger partial charge in [-0.25, -0.2) is 0 Å². The summed E-state index contributed by atoms with van der Waals surface area (Å²) in [7, 11) is 1.85. The SMILES string of the molecule is CC(O)CCN(C)C(C)c1nc(-c2cccc(C(F)(F)F)c2)no1. The van der Waals surface area contributed by atoms with Gasteiger partial charge < -0.3 is 9.63 Å². The van der Waals surface area contributed by atoms with Gasteiger partial charge in [-0.15, -0.1) is 0 Å². The molecular weight excluding hydrogens is 323 g/mol. The number of halogens is 3. The second-order valence-electron chi connectivity index (χ2n) is 5.83. The number of rotatable bonds is 6. The fourth-order valence-corrected chi connectivity index (χ4v) is 2.13. The van der Waals surface area contributed by atoms with E-state index >= 15 is 0 Å². The van der Waals surface area contributed by atoms with Crippen LogP contribution in [0, 0.1) is 0 Å². The lowest BCUT2D eigenvalue weighted by atomic mass is 10.1. The third-order valence-electron chi connectivity index (χ3n) is 3.81. The van der Waals surface area contributed by atoms with Crippen LogP contribution >= 0.6 is 0 Å². The van der Waals surface area contributed by atoms with Crippen LogP contribution < -0.4 is 0 Å². The topological polar surface area (TPSA) is 62.4 Å². The standard InChI is InChI=1S/C16H20F3N3O2/c1-10(23)7-8-22(3)11(2)15-20-14(21-24-15)12-5-4-6-13(9-12)16(17,18)19/h4-6,9-11,23H,7-8H2,1-3H3. The summed E-state index contributed by atoms with van der Waals surface area (Å²) in [4.78, 5) is 6.13. The van der Waals surface area contributed by atoms with Gasteiger partial charge in [0.05, 0.1) is 17.7 Å². The van der Waals surface area contributed by atoms with Gasteiger partial charge in [0.2, 0.25) is 11.7 Å². The predicted octanol–water partition coefficient (Wildman–Crippen LogP) is 3.52. The van der Waals surface area contributed by atoms with E-state index in [9.17, 15) is 18.3 Å². The zero-order valence-corrected chi connectivity index (χ0v) is 13.7. The van der Waals surface area contributed by atoms with Crippen molar-refractivity contribution in [3.63, 3.8) is 0 Å². The van der Waals surface area contributed by atoms with Crippen molar-refractivity contribution in [1.82, 2.24) is 15.0 Å². The second-order valence-corrected chi connectivity index (χ2v) is 5.83. The maximum Gasteiger partial charge on any atom is 0.416 e. The first-order valence-electron chi connectivity index (χ1n) is 7.58. The monoisotopic (exact) mass is 343 g/mol. The zero-order chi connectivity index (χ0) is 17.9. The highest BCUT2D eigenvalue weighted by atomic mass is 19.4. The van der Waals surface area contributed by atoms with E-state index in [4.69, 9.17) is 4.52 Å². The molecule has 2 aromatic rings. The van der Waals surface area contributed by atoms with Crippen molar-refractivity contribution in [2.24, 2.45) is 0 Å². The molecule has 0 amide bonds.